The summed E-state index contributed by atoms with van der Waals surface area (Å²) >= 11 is 8.10. The molecule has 0 heterocycles. The van der Waals surface area contributed by atoms with Gasteiger partial charge in [-0.05, 0) is 49.4 Å². The van der Waals surface area contributed by atoms with E-state index in [0.717, 1.165) is 37.5 Å². The molecule has 0 aromatic rings. The first-order chi connectivity index (χ1) is 20.4. The van der Waals surface area contributed by atoms with Crippen LogP contribution in [0, 0.1) is 23.7 Å². The maximum atomic E-state index is 11.7. The van der Waals surface area contributed by atoms with E-state index in [1.54, 1.807) is 0 Å². The molecule has 0 aliphatic heterocycles. The second-order valence-electron chi connectivity index (χ2n) is 12.9. The zero-order valence-electron chi connectivity index (χ0n) is 28.2. The van der Waals surface area contributed by atoms with Crippen LogP contribution in [0.3, 0.4) is 0 Å². The number of rotatable bonds is 33. The highest BCUT2D eigenvalue weighted by molar-refractivity contribution is 7.96. The average molecular weight is 631 g/mol. The largest absolute Gasteiger partial charge is 0.379 e. The Morgan fingerprint density at radius 3 is 1.07 bits per heavy atom. The number of carbonyl (C=O) groups excluding carboxylic acids is 2. The van der Waals surface area contributed by atoms with Crippen LogP contribution in [-0.2, 0) is 19.1 Å². The third-order valence-corrected chi connectivity index (χ3v) is 9.28. The highest BCUT2D eigenvalue weighted by atomic mass is 32.1. The van der Waals surface area contributed by atoms with Crippen molar-refractivity contribution in [1.29, 1.82) is 0 Å². The standard InChI is InChI=1S/C36H70O4S2/c1-5-9-17-31(15-7-3)19-11-13-21-33(29-35(37)41)23-25-39-27-28-40-26-24-34(30-36(38)42)22-14-12-20-32(16-8-4)18-10-6-2/h31-34H,5-30H2,1-4H3,(H,37,41)(H,38,42). The highest BCUT2D eigenvalue weighted by Crippen LogP contribution is 2.26. The van der Waals surface area contributed by atoms with Crippen LogP contribution in [-0.4, -0.2) is 36.7 Å². The molecule has 4 nitrogen and oxygen atoms in total. The first kappa shape index (κ1) is 42.0. The lowest BCUT2D eigenvalue weighted by molar-refractivity contribution is -0.112. The van der Waals surface area contributed by atoms with E-state index in [0.29, 0.717) is 51.1 Å². The SMILES string of the molecule is CCCCC(CCC)CCCCC(CCOCCOCCC(CCCCC(CCC)CCCC)CC(=O)S)CC(=O)S. The number of hydrogen-bond acceptors (Lipinski definition) is 4. The first-order valence-electron chi connectivity index (χ1n) is 17.9. The van der Waals surface area contributed by atoms with Crippen molar-refractivity contribution in [3.63, 3.8) is 0 Å². The van der Waals surface area contributed by atoms with E-state index >= 15 is 0 Å². The van der Waals surface area contributed by atoms with Crippen LogP contribution in [0.1, 0.15) is 169 Å². The van der Waals surface area contributed by atoms with E-state index < -0.39 is 0 Å². The van der Waals surface area contributed by atoms with Crippen molar-refractivity contribution in [2.45, 2.75) is 169 Å². The molecule has 4 atom stereocenters. The Labute approximate surface area is 272 Å². The van der Waals surface area contributed by atoms with Gasteiger partial charge in [-0.2, -0.15) is 0 Å². The second kappa shape index (κ2) is 31.0. The fourth-order valence-corrected chi connectivity index (χ4v) is 6.93. The van der Waals surface area contributed by atoms with E-state index in [4.69, 9.17) is 9.47 Å². The zero-order valence-corrected chi connectivity index (χ0v) is 30.0. The fourth-order valence-electron chi connectivity index (χ4n) is 6.41. The molecule has 0 fully saturated rings. The highest BCUT2D eigenvalue weighted by Gasteiger charge is 2.15. The lowest BCUT2D eigenvalue weighted by Gasteiger charge is -2.18. The molecule has 0 aromatic carbocycles. The molecule has 250 valence electrons. The summed E-state index contributed by atoms with van der Waals surface area (Å²) in [6.45, 7) is 11.6. The monoisotopic (exact) mass is 630 g/mol. The van der Waals surface area contributed by atoms with Gasteiger partial charge in [0.05, 0.1) is 13.2 Å². The Morgan fingerprint density at radius 1 is 0.429 bits per heavy atom. The van der Waals surface area contributed by atoms with E-state index in [1.807, 2.05) is 0 Å². The molecule has 0 saturated heterocycles. The van der Waals surface area contributed by atoms with Gasteiger partial charge in [-0.3, -0.25) is 9.59 Å². The van der Waals surface area contributed by atoms with Crippen LogP contribution in [0.5, 0.6) is 0 Å². The quantitative estimate of drug-likeness (QED) is 0.0559. The summed E-state index contributed by atoms with van der Waals surface area (Å²) in [6.07, 6.45) is 25.9. The molecule has 6 heteroatoms. The van der Waals surface area contributed by atoms with Gasteiger partial charge in [0.2, 0.25) is 0 Å². The third-order valence-electron chi connectivity index (χ3n) is 8.91. The van der Waals surface area contributed by atoms with E-state index in [1.165, 1.54) is 103 Å². The Hall–Kier alpha value is -0.0400. The van der Waals surface area contributed by atoms with Gasteiger partial charge in [0, 0.05) is 26.1 Å². The van der Waals surface area contributed by atoms with Gasteiger partial charge in [-0.25, -0.2) is 0 Å². The number of unbranched alkanes of at least 4 members (excludes halogenated alkanes) is 4. The van der Waals surface area contributed by atoms with Crippen LogP contribution >= 0.6 is 25.3 Å². The van der Waals surface area contributed by atoms with Crippen LogP contribution < -0.4 is 0 Å². The van der Waals surface area contributed by atoms with Crippen molar-refractivity contribution < 1.29 is 19.1 Å². The molecule has 0 rings (SSSR count). The van der Waals surface area contributed by atoms with Crippen LogP contribution in [0.2, 0.25) is 0 Å². The number of carbonyl (C=O) groups is 2. The number of ether oxygens (including phenoxy) is 2. The molecular weight excluding hydrogens is 561 g/mol. The number of thiol groups is 2. The molecule has 0 aliphatic carbocycles. The molecule has 0 amide bonds. The molecule has 0 N–H and O–H groups in total. The normalized spacial score (nSPS) is 14.5. The molecule has 4 unspecified atom stereocenters. The van der Waals surface area contributed by atoms with Gasteiger partial charge in [-0.15, -0.1) is 25.3 Å². The van der Waals surface area contributed by atoms with Gasteiger partial charge in [0.15, 0.2) is 10.2 Å². The van der Waals surface area contributed by atoms with Gasteiger partial charge in [0.1, 0.15) is 0 Å². The van der Waals surface area contributed by atoms with E-state index in [2.05, 4.69) is 53.0 Å². The summed E-state index contributed by atoms with van der Waals surface area (Å²) in [5, 5.41) is -0.0247. The molecule has 42 heavy (non-hydrogen) atoms. The van der Waals surface area contributed by atoms with Crippen molar-refractivity contribution in [3.05, 3.63) is 0 Å². The number of hydrogen-bond donors (Lipinski definition) is 2. The van der Waals surface area contributed by atoms with Gasteiger partial charge < -0.3 is 9.47 Å². The molecule has 0 radical (unpaired) electrons. The predicted molar refractivity (Wildman–Crippen MR) is 188 cm³/mol. The molecule has 0 bridgehead atoms. The minimum Gasteiger partial charge on any atom is -0.379 e. The summed E-state index contributed by atoms with van der Waals surface area (Å²) in [6, 6.07) is 0. The van der Waals surface area contributed by atoms with Crippen LogP contribution in [0.15, 0.2) is 0 Å². The van der Waals surface area contributed by atoms with Crippen LogP contribution in [0.25, 0.3) is 0 Å². The summed E-state index contributed by atoms with van der Waals surface area (Å²) in [7, 11) is 0. The predicted octanol–water partition coefficient (Wildman–Crippen LogP) is 11.1. The maximum Gasteiger partial charge on any atom is 0.186 e. The zero-order chi connectivity index (χ0) is 31.3. The van der Waals surface area contributed by atoms with Crippen molar-refractivity contribution in [1.82, 2.24) is 0 Å². The van der Waals surface area contributed by atoms with Crippen molar-refractivity contribution in [3.8, 4) is 0 Å². The Bertz CT molecular complexity index is 563. The Balaban J connectivity index is 4.15. The van der Waals surface area contributed by atoms with Crippen molar-refractivity contribution >= 4 is 35.5 Å². The maximum absolute atomic E-state index is 11.7. The minimum absolute atomic E-state index is 0.0124. The summed E-state index contributed by atoms with van der Waals surface area (Å²) in [4.78, 5) is 23.4. The van der Waals surface area contributed by atoms with Crippen molar-refractivity contribution in [2.75, 3.05) is 26.4 Å². The fraction of sp³-hybridized carbons (Fsp3) is 0.944. The smallest absolute Gasteiger partial charge is 0.186 e. The van der Waals surface area contributed by atoms with E-state index in [9.17, 15) is 9.59 Å². The van der Waals surface area contributed by atoms with Crippen LogP contribution in [0.4, 0.5) is 0 Å². The first-order valence-corrected chi connectivity index (χ1v) is 18.8. The van der Waals surface area contributed by atoms with Gasteiger partial charge in [-0.1, -0.05) is 130 Å². The minimum atomic E-state index is -0.0124. The molecule has 0 aliphatic rings. The summed E-state index contributed by atoms with van der Waals surface area (Å²) in [5.41, 5.74) is 0. The lowest BCUT2D eigenvalue weighted by atomic mass is 9.89. The Morgan fingerprint density at radius 2 is 0.762 bits per heavy atom. The summed E-state index contributed by atoms with van der Waals surface area (Å²) in [5.74, 6) is 2.46. The topological polar surface area (TPSA) is 52.6 Å². The van der Waals surface area contributed by atoms with Crippen molar-refractivity contribution in [2.24, 2.45) is 23.7 Å². The van der Waals surface area contributed by atoms with E-state index in [-0.39, 0.29) is 10.2 Å². The lowest BCUT2D eigenvalue weighted by Crippen LogP contribution is -2.13. The average Bonchev–Trinajstić information content (AvgIpc) is 2.95. The second-order valence-corrected chi connectivity index (χ2v) is 13.9. The molecular formula is C36H70O4S2. The molecule has 0 aromatic heterocycles. The third kappa shape index (κ3) is 27.5. The molecule has 0 saturated carbocycles. The molecule has 0 spiro atoms. The van der Waals surface area contributed by atoms with Gasteiger partial charge >= 0.3 is 0 Å². The summed E-state index contributed by atoms with van der Waals surface area (Å²) < 4.78 is 11.7. The van der Waals surface area contributed by atoms with Gasteiger partial charge in [0.25, 0.3) is 0 Å². The Kier molecular flexibility index (Phi) is 30.9.